The third-order valence-corrected chi connectivity index (χ3v) is 4.19. The number of hydrogen-bond donors (Lipinski definition) is 1. The minimum Gasteiger partial charge on any atom is -0.493 e. The summed E-state index contributed by atoms with van der Waals surface area (Å²) < 4.78 is 24.3. The minimum atomic E-state index is -0.452. The molecule has 0 amide bonds. The van der Waals surface area contributed by atoms with Crippen LogP contribution in [0.3, 0.4) is 0 Å². The third kappa shape index (κ3) is 3.95. The standard InChI is InChI=1S/C18H16FN3O2S/c1-23-16-8-13(14(19)9-17(16)24-2)10-20-22-18-21-15(11-25-18)12-6-4-3-5-7-12/h3-11H,1-2H3,(H,21,22). The second kappa shape index (κ2) is 7.76. The molecule has 128 valence electrons. The first kappa shape index (κ1) is 16.9. The van der Waals surface area contributed by atoms with Crippen LogP contribution in [-0.4, -0.2) is 25.4 Å². The fourth-order valence-electron chi connectivity index (χ4n) is 2.19. The van der Waals surface area contributed by atoms with Gasteiger partial charge in [-0.15, -0.1) is 11.3 Å². The lowest BCUT2D eigenvalue weighted by molar-refractivity contribution is 0.352. The van der Waals surface area contributed by atoms with Crippen LogP contribution in [0, 0.1) is 5.82 Å². The summed E-state index contributed by atoms with van der Waals surface area (Å²) in [4.78, 5) is 4.45. The molecule has 0 saturated carbocycles. The first-order chi connectivity index (χ1) is 12.2. The van der Waals surface area contributed by atoms with Gasteiger partial charge in [-0.3, -0.25) is 5.43 Å². The maximum atomic E-state index is 14.0. The number of methoxy groups -OCH3 is 2. The Kier molecular flexibility index (Phi) is 5.25. The quantitative estimate of drug-likeness (QED) is 0.524. The Bertz CT molecular complexity index is 881. The van der Waals surface area contributed by atoms with Gasteiger partial charge in [0.15, 0.2) is 11.5 Å². The van der Waals surface area contributed by atoms with Crippen molar-refractivity contribution in [2.75, 3.05) is 19.6 Å². The lowest BCUT2D eigenvalue weighted by Gasteiger charge is -2.08. The average molecular weight is 357 g/mol. The first-order valence-corrected chi connectivity index (χ1v) is 8.30. The molecular formula is C18H16FN3O2S. The van der Waals surface area contributed by atoms with Gasteiger partial charge < -0.3 is 9.47 Å². The van der Waals surface area contributed by atoms with Gasteiger partial charge in [-0.1, -0.05) is 30.3 Å². The summed E-state index contributed by atoms with van der Waals surface area (Å²) >= 11 is 1.42. The zero-order valence-corrected chi connectivity index (χ0v) is 14.5. The number of hydrazone groups is 1. The van der Waals surface area contributed by atoms with Gasteiger partial charge in [-0.05, 0) is 6.07 Å². The fourth-order valence-corrected chi connectivity index (χ4v) is 2.86. The largest absolute Gasteiger partial charge is 0.493 e. The minimum absolute atomic E-state index is 0.282. The molecule has 0 bridgehead atoms. The lowest BCUT2D eigenvalue weighted by atomic mass is 10.2. The molecule has 0 unspecified atom stereocenters. The van der Waals surface area contributed by atoms with Crippen LogP contribution in [0.15, 0.2) is 52.9 Å². The molecule has 0 aliphatic carbocycles. The van der Waals surface area contributed by atoms with E-state index in [-0.39, 0.29) is 5.56 Å². The molecule has 0 saturated heterocycles. The Morgan fingerprint density at radius 2 is 1.84 bits per heavy atom. The topological polar surface area (TPSA) is 55.7 Å². The van der Waals surface area contributed by atoms with Gasteiger partial charge in [-0.25, -0.2) is 9.37 Å². The molecule has 1 N–H and O–H groups in total. The molecule has 0 spiro atoms. The second-order valence-corrected chi connectivity index (χ2v) is 5.86. The van der Waals surface area contributed by atoms with E-state index in [9.17, 15) is 4.39 Å². The van der Waals surface area contributed by atoms with Crippen LogP contribution in [0.25, 0.3) is 11.3 Å². The number of thiazole rings is 1. The number of hydrogen-bond acceptors (Lipinski definition) is 6. The van der Waals surface area contributed by atoms with Crippen LogP contribution in [-0.2, 0) is 0 Å². The highest BCUT2D eigenvalue weighted by atomic mass is 32.1. The molecule has 0 fully saturated rings. The van der Waals surface area contributed by atoms with Crippen molar-refractivity contribution < 1.29 is 13.9 Å². The molecule has 5 nitrogen and oxygen atoms in total. The number of anilines is 1. The predicted octanol–water partition coefficient (Wildman–Crippen LogP) is 4.41. The number of aromatic nitrogens is 1. The van der Waals surface area contributed by atoms with Crippen LogP contribution in [0.4, 0.5) is 9.52 Å². The van der Waals surface area contributed by atoms with Crippen molar-refractivity contribution in [3.8, 4) is 22.8 Å². The summed E-state index contributed by atoms with van der Waals surface area (Å²) in [7, 11) is 2.95. The van der Waals surface area contributed by atoms with E-state index in [1.165, 1.54) is 43.9 Å². The monoisotopic (exact) mass is 357 g/mol. The van der Waals surface area contributed by atoms with Crippen molar-refractivity contribution in [2.45, 2.75) is 0 Å². The van der Waals surface area contributed by atoms with E-state index in [0.717, 1.165) is 11.3 Å². The zero-order chi connectivity index (χ0) is 17.6. The SMILES string of the molecule is COc1cc(F)c(C=NNc2nc(-c3ccccc3)cs2)cc1OC. The van der Waals surface area contributed by atoms with Crippen LogP contribution < -0.4 is 14.9 Å². The van der Waals surface area contributed by atoms with Crippen molar-refractivity contribution in [2.24, 2.45) is 5.10 Å². The van der Waals surface area contributed by atoms with Crippen molar-refractivity contribution >= 4 is 22.7 Å². The van der Waals surface area contributed by atoms with Crippen molar-refractivity contribution in [1.82, 2.24) is 4.98 Å². The smallest absolute Gasteiger partial charge is 0.203 e. The Balaban J connectivity index is 1.73. The Morgan fingerprint density at radius 1 is 1.12 bits per heavy atom. The van der Waals surface area contributed by atoms with Gasteiger partial charge in [0.25, 0.3) is 0 Å². The Hall–Kier alpha value is -2.93. The predicted molar refractivity (Wildman–Crippen MR) is 98.3 cm³/mol. The lowest BCUT2D eigenvalue weighted by Crippen LogP contribution is -1.97. The van der Waals surface area contributed by atoms with E-state index in [4.69, 9.17) is 9.47 Å². The molecule has 0 radical (unpaired) electrons. The summed E-state index contributed by atoms with van der Waals surface area (Å²) in [5.41, 5.74) is 4.99. The summed E-state index contributed by atoms with van der Waals surface area (Å²) in [6.45, 7) is 0. The molecule has 0 aliphatic heterocycles. The van der Waals surface area contributed by atoms with Crippen LogP contribution in [0.1, 0.15) is 5.56 Å². The number of rotatable bonds is 6. The van der Waals surface area contributed by atoms with E-state index in [1.807, 2.05) is 35.7 Å². The van der Waals surface area contributed by atoms with Crippen LogP contribution in [0.5, 0.6) is 11.5 Å². The van der Waals surface area contributed by atoms with Gasteiger partial charge in [0.1, 0.15) is 5.82 Å². The Labute approximate surface area is 148 Å². The fraction of sp³-hybridized carbons (Fsp3) is 0.111. The van der Waals surface area contributed by atoms with Gasteiger partial charge in [0.05, 0.1) is 26.1 Å². The van der Waals surface area contributed by atoms with Gasteiger partial charge in [0.2, 0.25) is 5.13 Å². The highest BCUT2D eigenvalue weighted by Crippen LogP contribution is 2.29. The molecular weight excluding hydrogens is 341 g/mol. The molecule has 25 heavy (non-hydrogen) atoms. The summed E-state index contributed by atoms with van der Waals surface area (Å²) in [6.07, 6.45) is 1.38. The molecule has 1 aromatic heterocycles. The molecule has 3 aromatic rings. The van der Waals surface area contributed by atoms with Crippen molar-refractivity contribution in [3.63, 3.8) is 0 Å². The highest BCUT2D eigenvalue weighted by molar-refractivity contribution is 7.14. The van der Waals surface area contributed by atoms with Crippen LogP contribution >= 0.6 is 11.3 Å². The van der Waals surface area contributed by atoms with Crippen LogP contribution in [0.2, 0.25) is 0 Å². The number of nitrogens with one attached hydrogen (secondary N) is 1. The third-order valence-electron chi connectivity index (χ3n) is 3.44. The van der Waals surface area contributed by atoms with Crippen molar-refractivity contribution in [1.29, 1.82) is 0 Å². The Morgan fingerprint density at radius 3 is 2.56 bits per heavy atom. The summed E-state index contributed by atoms with van der Waals surface area (Å²) in [5.74, 6) is 0.316. The average Bonchev–Trinajstić information content (AvgIpc) is 3.12. The van der Waals surface area contributed by atoms with Gasteiger partial charge in [0, 0.05) is 22.6 Å². The number of nitrogens with zero attached hydrogens (tertiary/aromatic N) is 2. The number of ether oxygens (including phenoxy) is 2. The first-order valence-electron chi connectivity index (χ1n) is 7.43. The van der Waals surface area contributed by atoms with E-state index < -0.39 is 5.82 Å². The number of benzene rings is 2. The van der Waals surface area contributed by atoms with E-state index in [2.05, 4.69) is 15.5 Å². The molecule has 0 aliphatic rings. The van der Waals surface area contributed by atoms with Gasteiger partial charge in [-0.2, -0.15) is 5.10 Å². The summed E-state index contributed by atoms with van der Waals surface area (Å²) in [5, 5.41) is 6.60. The van der Waals surface area contributed by atoms with E-state index in [1.54, 1.807) is 0 Å². The highest BCUT2D eigenvalue weighted by Gasteiger charge is 2.09. The molecule has 3 rings (SSSR count). The maximum absolute atomic E-state index is 14.0. The van der Waals surface area contributed by atoms with E-state index in [0.29, 0.717) is 16.6 Å². The zero-order valence-electron chi connectivity index (χ0n) is 13.7. The molecule has 7 heteroatoms. The number of halogens is 1. The molecule has 2 aromatic carbocycles. The second-order valence-electron chi connectivity index (χ2n) is 5.00. The van der Waals surface area contributed by atoms with E-state index >= 15 is 0 Å². The maximum Gasteiger partial charge on any atom is 0.203 e. The molecule has 1 heterocycles. The van der Waals surface area contributed by atoms with Crippen molar-refractivity contribution in [3.05, 3.63) is 59.2 Å². The van der Waals surface area contributed by atoms with Gasteiger partial charge >= 0.3 is 0 Å². The normalized spacial score (nSPS) is 10.8. The summed E-state index contributed by atoms with van der Waals surface area (Å²) in [6, 6.07) is 12.6. The molecule has 0 atom stereocenters.